The van der Waals surface area contributed by atoms with E-state index in [1.165, 1.54) is 18.0 Å². The molecule has 2 rings (SSSR count). The highest BCUT2D eigenvalue weighted by molar-refractivity contribution is 9.10. The minimum Gasteiger partial charge on any atom is -0.481 e. The second-order valence-electron chi connectivity index (χ2n) is 5.31. The summed E-state index contributed by atoms with van der Waals surface area (Å²) in [7, 11) is 0. The van der Waals surface area contributed by atoms with E-state index in [2.05, 4.69) is 26.5 Å². The van der Waals surface area contributed by atoms with Crippen molar-refractivity contribution >= 4 is 57.4 Å². The van der Waals surface area contributed by atoms with Crippen LogP contribution in [0.25, 0.3) is 0 Å². The third kappa shape index (κ3) is 7.92. The number of ether oxygens (including phenoxy) is 2. The van der Waals surface area contributed by atoms with Crippen LogP contribution in [-0.2, 0) is 14.3 Å². The van der Waals surface area contributed by atoms with Crippen molar-refractivity contribution in [3.63, 3.8) is 0 Å². The van der Waals surface area contributed by atoms with Crippen LogP contribution in [0.1, 0.15) is 12.5 Å². The van der Waals surface area contributed by atoms with Crippen molar-refractivity contribution in [1.82, 2.24) is 5.43 Å². The molecule has 0 atom stereocenters. The molecule has 0 bridgehead atoms. The minimum atomic E-state index is -0.458. The Morgan fingerprint density at radius 1 is 1.25 bits per heavy atom. The molecule has 2 aromatic carbocycles. The van der Waals surface area contributed by atoms with Gasteiger partial charge in [0.2, 0.25) is 5.91 Å². The maximum Gasteiger partial charge on any atom is 0.344 e. The van der Waals surface area contributed by atoms with Gasteiger partial charge in [-0.2, -0.15) is 5.10 Å². The molecule has 0 aliphatic carbocycles. The van der Waals surface area contributed by atoms with E-state index in [0.29, 0.717) is 16.3 Å². The van der Waals surface area contributed by atoms with Crippen molar-refractivity contribution in [3.8, 4) is 5.75 Å². The number of benzene rings is 2. The lowest BCUT2D eigenvalue weighted by atomic mass is 10.2. The van der Waals surface area contributed by atoms with Gasteiger partial charge < -0.3 is 9.47 Å². The van der Waals surface area contributed by atoms with Crippen molar-refractivity contribution in [1.29, 1.82) is 0 Å². The standard InChI is InChI=1S/C19H18BrClN2O4S/c1-2-26-19(25)11-27-17-8-3-14(20)9-13(17)10-22-23-18(24)12-28-16-6-4-15(21)5-7-16/h3-10H,2,11-12H2,1H3,(H,23,24)/b22-10-. The van der Waals surface area contributed by atoms with Gasteiger partial charge in [-0.15, -0.1) is 11.8 Å². The maximum absolute atomic E-state index is 11.9. The van der Waals surface area contributed by atoms with E-state index in [1.807, 2.05) is 12.1 Å². The van der Waals surface area contributed by atoms with Gasteiger partial charge in [-0.25, -0.2) is 10.2 Å². The van der Waals surface area contributed by atoms with E-state index in [9.17, 15) is 9.59 Å². The Morgan fingerprint density at radius 3 is 2.71 bits per heavy atom. The van der Waals surface area contributed by atoms with Crippen molar-refractivity contribution in [2.45, 2.75) is 11.8 Å². The van der Waals surface area contributed by atoms with Crippen LogP contribution in [0.5, 0.6) is 5.75 Å². The minimum absolute atomic E-state index is 0.208. The SMILES string of the molecule is CCOC(=O)COc1ccc(Br)cc1/C=N\NC(=O)CSc1ccc(Cl)cc1. The fourth-order valence-electron chi connectivity index (χ4n) is 1.98. The van der Waals surface area contributed by atoms with Gasteiger partial charge in [0.05, 0.1) is 18.6 Å². The fourth-order valence-corrected chi connectivity index (χ4v) is 3.17. The molecule has 0 radical (unpaired) electrons. The van der Waals surface area contributed by atoms with Crippen LogP contribution in [0.15, 0.2) is 56.9 Å². The second-order valence-corrected chi connectivity index (χ2v) is 7.71. The molecule has 1 N–H and O–H groups in total. The molecular formula is C19H18BrClN2O4S. The summed E-state index contributed by atoms with van der Waals surface area (Å²) in [6, 6.07) is 12.5. The average molecular weight is 486 g/mol. The first-order valence-electron chi connectivity index (χ1n) is 8.26. The first-order chi connectivity index (χ1) is 13.5. The van der Waals surface area contributed by atoms with Crippen molar-refractivity contribution in [3.05, 3.63) is 57.5 Å². The van der Waals surface area contributed by atoms with Crippen LogP contribution >= 0.6 is 39.3 Å². The number of thioether (sulfide) groups is 1. The van der Waals surface area contributed by atoms with E-state index in [0.717, 1.165) is 9.37 Å². The summed E-state index contributed by atoms with van der Waals surface area (Å²) in [5, 5.41) is 4.60. The normalized spacial score (nSPS) is 10.7. The lowest BCUT2D eigenvalue weighted by Gasteiger charge is -2.09. The Balaban J connectivity index is 1.89. The van der Waals surface area contributed by atoms with Gasteiger partial charge in [-0.3, -0.25) is 4.79 Å². The highest BCUT2D eigenvalue weighted by Crippen LogP contribution is 2.22. The summed E-state index contributed by atoms with van der Waals surface area (Å²) in [5.74, 6) is -0.0465. The zero-order chi connectivity index (χ0) is 20.4. The number of esters is 1. The van der Waals surface area contributed by atoms with Gasteiger partial charge >= 0.3 is 5.97 Å². The quantitative estimate of drug-likeness (QED) is 0.248. The average Bonchev–Trinajstić information content (AvgIpc) is 2.67. The fraction of sp³-hybridized carbons (Fsp3) is 0.211. The lowest BCUT2D eigenvalue weighted by molar-refractivity contribution is -0.145. The lowest BCUT2D eigenvalue weighted by Crippen LogP contribution is -2.19. The highest BCUT2D eigenvalue weighted by atomic mass is 79.9. The molecule has 0 saturated heterocycles. The van der Waals surface area contributed by atoms with Crippen LogP contribution < -0.4 is 10.2 Å². The molecule has 0 aliphatic rings. The number of hydrogen-bond acceptors (Lipinski definition) is 6. The highest BCUT2D eigenvalue weighted by Gasteiger charge is 2.08. The Morgan fingerprint density at radius 2 is 2.00 bits per heavy atom. The summed E-state index contributed by atoms with van der Waals surface area (Å²) in [6.45, 7) is 1.81. The molecule has 148 valence electrons. The molecule has 0 aliphatic heterocycles. The molecule has 0 unspecified atom stereocenters. The number of hydrazone groups is 1. The number of carbonyl (C=O) groups excluding carboxylic acids is 2. The Hall–Kier alpha value is -2.03. The molecule has 0 saturated carbocycles. The number of rotatable bonds is 9. The van der Waals surface area contributed by atoms with Crippen molar-refractivity contribution < 1.29 is 19.1 Å². The summed E-state index contributed by atoms with van der Waals surface area (Å²) < 4.78 is 11.1. The zero-order valence-electron chi connectivity index (χ0n) is 15.0. The van der Waals surface area contributed by atoms with Crippen LogP contribution in [0, 0.1) is 0 Å². The van der Waals surface area contributed by atoms with Crippen LogP contribution in [0.2, 0.25) is 5.02 Å². The smallest absolute Gasteiger partial charge is 0.344 e. The summed E-state index contributed by atoms with van der Waals surface area (Å²) in [5.41, 5.74) is 3.07. The topological polar surface area (TPSA) is 77.0 Å². The van der Waals surface area contributed by atoms with Crippen LogP contribution in [0.3, 0.4) is 0 Å². The molecule has 0 heterocycles. The van der Waals surface area contributed by atoms with Gasteiger partial charge in [0.1, 0.15) is 5.75 Å². The maximum atomic E-state index is 11.9. The number of amides is 1. The Kier molecular flexibility index (Phi) is 9.33. The number of nitrogens with zero attached hydrogens (tertiary/aromatic N) is 1. The third-order valence-electron chi connectivity index (χ3n) is 3.20. The predicted molar refractivity (Wildman–Crippen MR) is 114 cm³/mol. The Labute approximate surface area is 180 Å². The predicted octanol–water partition coefficient (Wildman–Crippen LogP) is 4.29. The van der Waals surface area contributed by atoms with Gasteiger partial charge in [0.25, 0.3) is 0 Å². The van der Waals surface area contributed by atoms with Crippen LogP contribution in [-0.4, -0.2) is 37.1 Å². The van der Waals surface area contributed by atoms with Gasteiger partial charge in [-0.1, -0.05) is 27.5 Å². The van der Waals surface area contributed by atoms with Crippen molar-refractivity contribution in [2.75, 3.05) is 19.0 Å². The van der Waals surface area contributed by atoms with Gasteiger partial charge in [0.15, 0.2) is 6.61 Å². The molecule has 0 fully saturated rings. The number of hydrogen-bond donors (Lipinski definition) is 1. The first kappa shape index (κ1) is 22.3. The zero-order valence-corrected chi connectivity index (χ0v) is 18.1. The summed E-state index contributed by atoms with van der Waals surface area (Å²) in [6.07, 6.45) is 1.45. The largest absolute Gasteiger partial charge is 0.481 e. The molecular weight excluding hydrogens is 468 g/mol. The van der Waals surface area contributed by atoms with E-state index in [1.54, 1.807) is 37.3 Å². The molecule has 0 aromatic heterocycles. The van der Waals surface area contributed by atoms with Gasteiger partial charge in [0, 0.05) is 20.0 Å². The first-order valence-corrected chi connectivity index (χ1v) is 10.4. The molecule has 2 aromatic rings. The molecule has 28 heavy (non-hydrogen) atoms. The van der Waals surface area contributed by atoms with Crippen LogP contribution in [0.4, 0.5) is 0 Å². The van der Waals surface area contributed by atoms with E-state index >= 15 is 0 Å². The molecule has 9 heteroatoms. The van der Waals surface area contributed by atoms with Crippen molar-refractivity contribution in [2.24, 2.45) is 5.10 Å². The second kappa shape index (κ2) is 11.7. The summed E-state index contributed by atoms with van der Waals surface area (Å²) >= 11 is 10.6. The molecule has 1 amide bonds. The Bertz CT molecular complexity index is 846. The van der Waals surface area contributed by atoms with E-state index in [4.69, 9.17) is 21.1 Å². The van der Waals surface area contributed by atoms with Gasteiger partial charge in [-0.05, 0) is 49.4 Å². The number of halogens is 2. The van der Waals surface area contributed by atoms with E-state index < -0.39 is 5.97 Å². The monoisotopic (exact) mass is 484 g/mol. The molecule has 0 spiro atoms. The third-order valence-corrected chi connectivity index (χ3v) is 4.96. The van der Waals surface area contributed by atoms with E-state index in [-0.39, 0.29) is 24.9 Å². The number of carbonyl (C=O) groups is 2. The number of nitrogens with one attached hydrogen (secondary N) is 1. The molecule has 6 nitrogen and oxygen atoms in total. The summed E-state index contributed by atoms with van der Waals surface area (Å²) in [4.78, 5) is 24.3.